The second-order valence-electron chi connectivity index (χ2n) is 7.09. The average Bonchev–Trinajstić information content (AvgIpc) is 3.20. The average molecular weight is 309 g/mol. The summed E-state index contributed by atoms with van der Waals surface area (Å²) in [6, 6.07) is 14.8. The molecule has 120 valence electrons. The lowest BCUT2D eigenvalue weighted by atomic mass is 10.00. The molecule has 2 aliphatic rings. The van der Waals surface area contributed by atoms with Crippen molar-refractivity contribution < 1.29 is 9.90 Å². The summed E-state index contributed by atoms with van der Waals surface area (Å²) in [7, 11) is 0. The number of aliphatic hydroxyl groups is 1. The summed E-state index contributed by atoms with van der Waals surface area (Å²) in [6.45, 7) is 3.34. The molecule has 1 N–H and O–H groups in total. The lowest BCUT2D eigenvalue weighted by molar-refractivity contribution is -0.131. The smallest absolute Gasteiger partial charge is 0.226 e. The molecule has 1 aliphatic carbocycles. The Morgan fingerprint density at radius 3 is 2.78 bits per heavy atom. The molecule has 1 amide bonds. The molecule has 3 heteroatoms. The Kier molecular flexibility index (Phi) is 3.61. The number of likely N-dealkylation sites (tertiary alicyclic amines) is 1. The molecule has 0 spiro atoms. The highest BCUT2D eigenvalue weighted by atomic mass is 16.3. The van der Waals surface area contributed by atoms with Gasteiger partial charge in [-0.2, -0.15) is 0 Å². The van der Waals surface area contributed by atoms with Crippen molar-refractivity contribution in [1.29, 1.82) is 0 Å². The zero-order valence-corrected chi connectivity index (χ0v) is 13.5. The molecule has 1 saturated carbocycles. The maximum Gasteiger partial charge on any atom is 0.226 e. The molecule has 0 bridgehead atoms. The SMILES string of the molecule is CC(O)C1CCN(C(=O)C2CC2c2cccc3ccccc23)C1. The van der Waals surface area contributed by atoms with Gasteiger partial charge in [0.05, 0.1) is 6.10 Å². The van der Waals surface area contributed by atoms with Crippen LogP contribution in [0.1, 0.15) is 31.2 Å². The highest BCUT2D eigenvalue weighted by molar-refractivity contribution is 5.89. The Balaban J connectivity index is 1.50. The fourth-order valence-corrected chi connectivity index (χ4v) is 4.00. The van der Waals surface area contributed by atoms with Gasteiger partial charge in [-0.05, 0) is 42.0 Å². The zero-order chi connectivity index (χ0) is 16.0. The predicted octanol–water partition coefficient (Wildman–Crippen LogP) is 3.17. The monoisotopic (exact) mass is 309 g/mol. The van der Waals surface area contributed by atoms with Gasteiger partial charge in [0.15, 0.2) is 0 Å². The normalized spacial score (nSPS) is 28.1. The summed E-state index contributed by atoms with van der Waals surface area (Å²) in [5.41, 5.74) is 1.31. The minimum absolute atomic E-state index is 0.133. The first-order chi connectivity index (χ1) is 11.1. The molecule has 4 atom stereocenters. The molecule has 0 radical (unpaired) electrons. The third-order valence-corrected chi connectivity index (χ3v) is 5.55. The van der Waals surface area contributed by atoms with E-state index in [1.54, 1.807) is 0 Å². The fourth-order valence-electron chi connectivity index (χ4n) is 4.00. The standard InChI is InChI=1S/C20H23NO2/c1-13(22)15-9-10-21(12-15)20(23)19-11-18(19)17-8-4-6-14-5-2-3-7-16(14)17/h2-8,13,15,18-19,22H,9-12H2,1H3. The van der Waals surface area contributed by atoms with Crippen molar-refractivity contribution in [1.82, 2.24) is 4.90 Å². The third-order valence-electron chi connectivity index (χ3n) is 5.55. The molecule has 1 saturated heterocycles. The van der Waals surface area contributed by atoms with Gasteiger partial charge in [-0.1, -0.05) is 42.5 Å². The van der Waals surface area contributed by atoms with Crippen molar-refractivity contribution in [2.45, 2.75) is 31.8 Å². The Hall–Kier alpha value is -1.87. The maximum atomic E-state index is 12.7. The van der Waals surface area contributed by atoms with Gasteiger partial charge in [0.1, 0.15) is 0 Å². The van der Waals surface area contributed by atoms with Gasteiger partial charge in [-0.15, -0.1) is 0 Å². The minimum atomic E-state index is -0.319. The fraction of sp³-hybridized carbons (Fsp3) is 0.450. The Morgan fingerprint density at radius 1 is 1.22 bits per heavy atom. The van der Waals surface area contributed by atoms with E-state index in [2.05, 4.69) is 42.5 Å². The summed E-state index contributed by atoms with van der Waals surface area (Å²) in [5, 5.41) is 12.2. The molecular weight excluding hydrogens is 286 g/mol. The van der Waals surface area contributed by atoms with E-state index in [4.69, 9.17) is 0 Å². The number of rotatable bonds is 3. The van der Waals surface area contributed by atoms with Crippen LogP contribution in [0.15, 0.2) is 42.5 Å². The van der Waals surface area contributed by atoms with Gasteiger partial charge in [0.25, 0.3) is 0 Å². The summed E-state index contributed by atoms with van der Waals surface area (Å²) in [5.74, 6) is 1.02. The van der Waals surface area contributed by atoms with Gasteiger partial charge in [0, 0.05) is 24.9 Å². The van der Waals surface area contributed by atoms with E-state index in [1.165, 1.54) is 16.3 Å². The molecule has 23 heavy (non-hydrogen) atoms. The van der Waals surface area contributed by atoms with Gasteiger partial charge >= 0.3 is 0 Å². The molecule has 2 fully saturated rings. The summed E-state index contributed by atoms with van der Waals surface area (Å²) >= 11 is 0. The van der Waals surface area contributed by atoms with Crippen LogP contribution in [0.3, 0.4) is 0 Å². The Labute approximate surface area is 136 Å². The summed E-state index contributed by atoms with van der Waals surface area (Å²) in [4.78, 5) is 14.7. The van der Waals surface area contributed by atoms with E-state index in [0.717, 1.165) is 25.9 Å². The van der Waals surface area contributed by atoms with Crippen molar-refractivity contribution in [3.63, 3.8) is 0 Å². The number of hydrogen-bond acceptors (Lipinski definition) is 2. The number of carbonyl (C=O) groups excluding carboxylic acids is 1. The van der Waals surface area contributed by atoms with Crippen LogP contribution in [0, 0.1) is 11.8 Å². The largest absolute Gasteiger partial charge is 0.393 e. The Bertz CT molecular complexity index is 734. The van der Waals surface area contributed by atoms with Gasteiger partial charge < -0.3 is 10.0 Å². The zero-order valence-electron chi connectivity index (χ0n) is 13.5. The van der Waals surface area contributed by atoms with Crippen LogP contribution in [0.5, 0.6) is 0 Å². The number of carbonyl (C=O) groups is 1. The first kappa shape index (κ1) is 14.7. The van der Waals surface area contributed by atoms with Gasteiger partial charge in [-0.25, -0.2) is 0 Å². The number of aliphatic hydroxyl groups excluding tert-OH is 1. The number of fused-ring (bicyclic) bond motifs is 1. The third kappa shape index (κ3) is 2.63. The van der Waals surface area contributed by atoms with E-state index in [0.29, 0.717) is 5.92 Å². The van der Waals surface area contributed by atoms with Crippen molar-refractivity contribution in [3.8, 4) is 0 Å². The lowest BCUT2D eigenvalue weighted by Gasteiger charge is -2.18. The molecule has 3 nitrogen and oxygen atoms in total. The molecule has 1 aliphatic heterocycles. The number of amides is 1. The van der Waals surface area contributed by atoms with Crippen LogP contribution < -0.4 is 0 Å². The van der Waals surface area contributed by atoms with Crippen LogP contribution in [-0.4, -0.2) is 35.1 Å². The molecule has 4 unspecified atom stereocenters. The molecule has 2 aromatic rings. The highest BCUT2D eigenvalue weighted by Crippen LogP contribution is 2.50. The predicted molar refractivity (Wildman–Crippen MR) is 91.2 cm³/mol. The van der Waals surface area contributed by atoms with Gasteiger partial charge in [0.2, 0.25) is 5.91 Å². The van der Waals surface area contributed by atoms with Crippen LogP contribution in [0.4, 0.5) is 0 Å². The molecule has 0 aromatic heterocycles. The van der Waals surface area contributed by atoms with Gasteiger partial charge in [-0.3, -0.25) is 4.79 Å². The van der Waals surface area contributed by atoms with E-state index in [1.807, 2.05) is 11.8 Å². The van der Waals surface area contributed by atoms with E-state index < -0.39 is 0 Å². The van der Waals surface area contributed by atoms with Crippen LogP contribution in [0.25, 0.3) is 10.8 Å². The summed E-state index contributed by atoms with van der Waals surface area (Å²) < 4.78 is 0. The quantitative estimate of drug-likeness (QED) is 0.946. The highest BCUT2D eigenvalue weighted by Gasteiger charge is 2.47. The van der Waals surface area contributed by atoms with Crippen LogP contribution in [-0.2, 0) is 4.79 Å². The maximum absolute atomic E-state index is 12.7. The van der Waals surface area contributed by atoms with Crippen LogP contribution >= 0.6 is 0 Å². The van der Waals surface area contributed by atoms with Crippen molar-refractivity contribution >= 4 is 16.7 Å². The number of nitrogens with zero attached hydrogens (tertiary/aromatic N) is 1. The van der Waals surface area contributed by atoms with E-state index in [-0.39, 0.29) is 23.8 Å². The summed E-state index contributed by atoms with van der Waals surface area (Å²) in [6.07, 6.45) is 1.57. The minimum Gasteiger partial charge on any atom is -0.393 e. The van der Waals surface area contributed by atoms with Crippen LogP contribution in [0.2, 0.25) is 0 Å². The number of hydrogen-bond donors (Lipinski definition) is 1. The van der Waals surface area contributed by atoms with Crippen molar-refractivity contribution in [2.75, 3.05) is 13.1 Å². The first-order valence-corrected chi connectivity index (χ1v) is 8.59. The molecule has 2 aromatic carbocycles. The molecule has 4 rings (SSSR count). The second-order valence-corrected chi connectivity index (χ2v) is 7.09. The molecular formula is C20H23NO2. The topological polar surface area (TPSA) is 40.5 Å². The van der Waals surface area contributed by atoms with Crippen molar-refractivity contribution in [3.05, 3.63) is 48.0 Å². The van der Waals surface area contributed by atoms with E-state index in [9.17, 15) is 9.90 Å². The first-order valence-electron chi connectivity index (χ1n) is 8.59. The second kappa shape index (κ2) is 5.64. The number of benzene rings is 2. The van der Waals surface area contributed by atoms with Crippen molar-refractivity contribution in [2.24, 2.45) is 11.8 Å². The Morgan fingerprint density at radius 2 is 2.00 bits per heavy atom. The van der Waals surface area contributed by atoms with E-state index >= 15 is 0 Å². The lowest BCUT2D eigenvalue weighted by Crippen LogP contribution is -2.31. The molecule has 1 heterocycles.